The molecule has 0 atom stereocenters. The molecule has 1 aliphatic heterocycles. The number of anilines is 1. The Kier molecular flexibility index (Phi) is 9.19. The third kappa shape index (κ3) is 6.48. The first kappa shape index (κ1) is 18.5. The average Bonchev–Trinajstić information content (AvgIpc) is 2.30. The van der Waals surface area contributed by atoms with Crippen molar-refractivity contribution in [2.75, 3.05) is 25.0 Å². The number of carbonyl (C=O) groups excluding carboxylic acids is 1. The van der Waals surface area contributed by atoms with E-state index in [2.05, 4.69) is 10.2 Å². The second-order valence-electron chi connectivity index (χ2n) is 4.40. The van der Waals surface area contributed by atoms with E-state index >= 15 is 0 Å². The van der Waals surface area contributed by atoms with Crippen molar-refractivity contribution in [3.05, 3.63) is 29.3 Å². The maximum absolute atomic E-state index is 11.8. The van der Waals surface area contributed by atoms with Crippen LogP contribution in [0.4, 0.5) is 5.69 Å². The van der Waals surface area contributed by atoms with Crippen molar-refractivity contribution >= 4 is 48.0 Å². The van der Waals surface area contributed by atoms with Crippen LogP contribution in [0.2, 0.25) is 5.02 Å². The van der Waals surface area contributed by atoms with Crippen molar-refractivity contribution in [1.82, 2.24) is 4.90 Å². The van der Waals surface area contributed by atoms with Gasteiger partial charge >= 0.3 is 0 Å². The Morgan fingerprint density at radius 3 is 2.53 bits per heavy atom. The van der Waals surface area contributed by atoms with Gasteiger partial charge in [-0.3, -0.25) is 9.69 Å². The zero-order valence-electron chi connectivity index (χ0n) is 10.6. The number of carbonyl (C=O) groups is 1. The van der Waals surface area contributed by atoms with Crippen molar-refractivity contribution in [3.8, 4) is 0 Å². The molecular weight excluding hydrogens is 307 g/mol. The Morgan fingerprint density at radius 2 is 1.89 bits per heavy atom. The van der Waals surface area contributed by atoms with Crippen LogP contribution < -0.4 is 5.32 Å². The quantitative estimate of drug-likeness (QED) is 0.921. The second-order valence-corrected chi connectivity index (χ2v) is 4.83. The van der Waals surface area contributed by atoms with E-state index in [9.17, 15) is 4.79 Å². The monoisotopic (exact) mass is 324 g/mol. The SMILES string of the molecule is Cl.Cl.O=C(CN1CCCCC1)Nc1cccc(Cl)c1. The highest BCUT2D eigenvalue weighted by Crippen LogP contribution is 2.15. The molecule has 2 rings (SSSR count). The van der Waals surface area contributed by atoms with Gasteiger partial charge in [0.1, 0.15) is 0 Å². The van der Waals surface area contributed by atoms with Gasteiger partial charge in [0.05, 0.1) is 6.54 Å². The number of amides is 1. The molecule has 1 aromatic carbocycles. The van der Waals surface area contributed by atoms with Crippen molar-refractivity contribution in [2.24, 2.45) is 0 Å². The average molecular weight is 326 g/mol. The second kappa shape index (κ2) is 9.43. The van der Waals surface area contributed by atoms with Crippen LogP contribution in [0.25, 0.3) is 0 Å². The molecule has 1 saturated heterocycles. The summed E-state index contributed by atoms with van der Waals surface area (Å²) in [6.07, 6.45) is 3.68. The number of piperidine rings is 1. The van der Waals surface area contributed by atoms with E-state index in [4.69, 9.17) is 11.6 Å². The number of hydrogen-bond acceptors (Lipinski definition) is 2. The van der Waals surface area contributed by atoms with Gasteiger partial charge in [0.15, 0.2) is 0 Å². The summed E-state index contributed by atoms with van der Waals surface area (Å²) in [6, 6.07) is 7.23. The van der Waals surface area contributed by atoms with Gasteiger partial charge in [-0.2, -0.15) is 0 Å². The van der Waals surface area contributed by atoms with E-state index in [0.717, 1.165) is 18.8 Å². The third-order valence-electron chi connectivity index (χ3n) is 2.92. The lowest BCUT2D eigenvalue weighted by Crippen LogP contribution is -2.36. The van der Waals surface area contributed by atoms with Gasteiger partial charge in [0, 0.05) is 10.7 Å². The lowest BCUT2D eigenvalue weighted by molar-refractivity contribution is -0.117. The molecule has 0 aliphatic carbocycles. The van der Waals surface area contributed by atoms with Gasteiger partial charge in [0.25, 0.3) is 0 Å². The molecule has 19 heavy (non-hydrogen) atoms. The van der Waals surface area contributed by atoms with Gasteiger partial charge in [-0.05, 0) is 44.1 Å². The van der Waals surface area contributed by atoms with Crippen LogP contribution in [0.15, 0.2) is 24.3 Å². The topological polar surface area (TPSA) is 32.3 Å². The maximum Gasteiger partial charge on any atom is 0.238 e. The normalized spacial score (nSPS) is 15.0. The van der Waals surface area contributed by atoms with Crippen molar-refractivity contribution in [1.29, 1.82) is 0 Å². The van der Waals surface area contributed by atoms with Crippen molar-refractivity contribution in [2.45, 2.75) is 19.3 Å². The molecule has 0 unspecified atom stereocenters. The molecule has 1 aliphatic rings. The van der Waals surface area contributed by atoms with E-state index in [1.54, 1.807) is 12.1 Å². The van der Waals surface area contributed by atoms with E-state index in [-0.39, 0.29) is 30.7 Å². The van der Waals surface area contributed by atoms with Crippen LogP contribution in [-0.2, 0) is 4.79 Å². The summed E-state index contributed by atoms with van der Waals surface area (Å²) in [5.41, 5.74) is 0.763. The first-order valence-corrected chi connectivity index (χ1v) is 6.39. The van der Waals surface area contributed by atoms with Crippen LogP contribution in [-0.4, -0.2) is 30.4 Å². The van der Waals surface area contributed by atoms with Crippen LogP contribution in [0.5, 0.6) is 0 Å². The fraction of sp³-hybridized carbons (Fsp3) is 0.462. The smallest absolute Gasteiger partial charge is 0.238 e. The van der Waals surface area contributed by atoms with Crippen LogP contribution >= 0.6 is 36.4 Å². The molecule has 108 valence electrons. The number of nitrogens with zero attached hydrogens (tertiary/aromatic N) is 1. The minimum Gasteiger partial charge on any atom is -0.325 e. The van der Waals surface area contributed by atoms with Gasteiger partial charge < -0.3 is 5.32 Å². The van der Waals surface area contributed by atoms with Gasteiger partial charge in [-0.15, -0.1) is 24.8 Å². The highest BCUT2D eigenvalue weighted by molar-refractivity contribution is 6.30. The highest BCUT2D eigenvalue weighted by atomic mass is 35.5. The van der Waals surface area contributed by atoms with E-state index < -0.39 is 0 Å². The molecule has 1 heterocycles. The molecule has 1 amide bonds. The standard InChI is InChI=1S/C13H17ClN2O.2ClH/c14-11-5-4-6-12(9-11)15-13(17)10-16-7-2-1-3-8-16;;/h4-6,9H,1-3,7-8,10H2,(H,15,17);2*1H. The van der Waals surface area contributed by atoms with Crippen LogP contribution in [0, 0.1) is 0 Å². The lowest BCUT2D eigenvalue weighted by Gasteiger charge is -2.25. The fourth-order valence-corrected chi connectivity index (χ4v) is 2.28. The Labute approximate surface area is 131 Å². The number of nitrogens with one attached hydrogen (secondary N) is 1. The maximum atomic E-state index is 11.8. The van der Waals surface area contributed by atoms with E-state index in [0.29, 0.717) is 11.6 Å². The fourth-order valence-electron chi connectivity index (χ4n) is 2.09. The molecule has 0 saturated carbocycles. The summed E-state index contributed by atoms with van der Waals surface area (Å²) in [7, 11) is 0. The number of likely N-dealkylation sites (tertiary alicyclic amines) is 1. The minimum atomic E-state index is 0. The number of rotatable bonds is 3. The first-order chi connectivity index (χ1) is 8.24. The summed E-state index contributed by atoms with van der Waals surface area (Å²) < 4.78 is 0. The highest BCUT2D eigenvalue weighted by Gasteiger charge is 2.13. The third-order valence-corrected chi connectivity index (χ3v) is 3.16. The summed E-state index contributed by atoms with van der Waals surface area (Å²) in [6.45, 7) is 2.54. The summed E-state index contributed by atoms with van der Waals surface area (Å²) >= 11 is 5.86. The minimum absolute atomic E-state index is 0. The molecule has 0 bridgehead atoms. The molecule has 3 nitrogen and oxygen atoms in total. The van der Waals surface area contributed by atoms with E-state index in [1.807, 2.05) is 12.1 Å². The lowest BCUT2D eigenvalue weighted by atomic mass is 10.1. The summed E-state index contributed by atoms with van der Waals surface area (Å²) in [5.74, 6) is 0.0363. The summed E-state index contributed by atoms with van der Waals surface area (Å²) in [4.78, 5) is 14.0. The molecule has 0 aromatic heterocycles. The zero-order chi connectivity index (χ0) is 12.1. The number of hydrogen-bond donors (Lipinski definition) is 1. The van der Waals surface area contributed by atoms with Crippen LogP contribution in [0.1, 0.15) is 19.3 Å². The van der Waals surface area contributed by atoms with Gasteiger partial charge in [-0.25, -0.2) is 0 Å². The van der Waals surface area contributed by atoms with Gasteiger partial charge in [0.2, 0.25) is 5.91 Å². The number of halogens is 3. The molecule has 1 N–H and O–H groups in total. The molecule has 0 spiro atoms. The Morgan fingerprint density at radius 1 is 1.21 bits per heavy atom. The molecule has 1 aromatic rings. The predicted molar refractivity (Wildman–Crippen MR) is 84.9 cm³/mol. The van der Waals surface area contributed by atoms with Crippen molar-refractivity contribution < 1.29 is 4.79 Å². The molecule has 0 radical (unpaired) electrons. The summed E-state index contributed by atoms with van der Waals surface area (Å²) in [5, 5.41) is 3.50. The van der Waals surface area contributed by atoms with Crippen LogP contribution in [0.3, 0.4) is 0 Å². The largest absolute Gasteiger partial charge is 0.325 e. The first-order valence-electron chi connectivity index (χ1n) is 6.02. The molecular formula is C13H19Cl3N2O. The Bertz CT molecular complexity index is 395. The van der Waals surface area contributed by atoms with E-state index in [1.165, 1.54) is 19.3 Å². The number of benzene rings is 1. The molecule has 6 heteroatoms. The Hall–Kier alpha value is -0.480. The van der Waals surface area contributed by atoms with Gasteiger partial charge in [-0.1, -0.05) is 24.1 Å². The predicted octanol–water partition coefficient (Wildman–Crippen LogP) is 3.61. The van der Waals surface area contributed by atoms with Crippen molar-refractivity contribution in [3.63, 3.8) is 0 Å². The Balaban J connectivity index is 0.00000162. The molecule has 1 fully saturated rings. The zero-order valence-corrected chi connectivity index (χ0v) is 13.0.